The Bertz CT molecular complexity index is 374. The summed E-state index contributed by atoms with van der Waals surface area (Å²) in [6.07, 6.45) is -7.34. The minimum atomic E-state index is -5.07. The summed E-state index contributed by atoms with van der Waals surface area (Å²) < 4.78 is 59.8. The third-order valence-electron chi connectivity index (χ3n) is 1.52. The Morgan fingerprint density at radius 2 is 1.93 bits per heavy atom. The van der Waals surface area contributed by atoms with Crippen molar-refractivity contribution in [3.8, 4) is 0 Å². The van der Waals surface area contributed by atoms with E-state index >= 15 is 0 Å². The number of nitrogens with zero attached hydrogens (tertiary/aromatic N) is 1. The molecule has 0 saturated carbocycles. The van der Waals surface area contributed by atoms with Crippen LogP contribution in [0.2, 0.25) is 0 Å². The summed E-state index contributed by atoms with van der Waals surface area (Å²) in [7, 11) is 0. The molecule has 15 heavy (non-hydrogen) atoms. The van der Waals surface area contributed by atoms with Gasteiger partial charge in [0.05, 0.1) is 0 Å². The summed E-state index contributed by atoms with van der Waals surface area (Å²) in [5.74, 6) is -2.16. The molecule has 1 heterocycles. The Morgan fingerprint density at radius 3 is 2.40 bits per heavy atom. The van der Waals surface area contributed by atoms with Gasteiger partial charge in [0.25, 0.3) is 12.2 Å². The van der Waals surface area contributed by atoms with Crippen molar-refractivity contribution in [1.82, 2.24) is 4.98 Å². The molecule has 0 N–H and O–H groups in total. The molecule has 0 unspecified atom stereocenters. The minimum Gasteiger partial charge on any atom is -0.284 e. The van der Waals surface area contributed by atoms with Crippen LogP contribution in [0.1, 0.15) is 22.5 Å². The predicted molar refractivity (Wildman–Crippen MR) is 39.6 cm³/mol. The highest BCUT2D eigenvalue weighted by Gasteiger charge is 2.39. The van der Waals surface area contributed by atoms with Gasteiger partial charge in [-0.05, 0) is 12.1 Å². The van der Waals surface area contributed by atoms with Gasteiger partial charge >= 0.3 is 6.18 Å². The second-order valence-electron chi connectivity index (χ2n) is 2.60. The Hall–Kier alpha value is -1.53. The lowest BCUT2D eigenvalue weighted by molar-refractivity contribution is -0.0885. The first-order valence-electron chi connectivity index (χ1n) is 3.68. The average Bonchev–Trinajstić information content (AvgIpc) is 2.15. The SMILES string of the molecule is O=C(c1ccnc(C(F)F)c1)C(F)(F)F. The topological polar surface area (TPSA) is 30.0 Å². The van der Waals surface area contributed by atoms with Crippen LogP contribution in [0.25, 0.3) is 0 Å². The molecule has 0 aliphatic heterocycles. The summed E-state index contributed by atoms with van der Waals surface area (Å²) in [6, 6.07) is 1.17. The molecular formula is C8H4F5NO. The summed E-state index contributed by atoms with van der Waals surface area (Å²) in [5, 5.41) is 0. The second kappa shape index (κ2) is 3.92. The zero-order valence-corrected chi connectivity index (χ0v) is 7.05. The maximum Gasteiger partial charge on any atom is 0.454 e. The molecule has 2 nitrogen and oxygen atoms in total. The molecule has 0 aromatic carbocycles. The number of aromatic nitrogens is 1. The lowest BCUT2D eigenvalue weighted by Crippen LogP contribution is -2.22. The van der Waals surface area contributed by atoms with E-state index in [2.05, 4.69) is 4.98 Å². The zero-order valence-electron chi connectivity index (χ0n) is 7.05. The van der Waals surface area contributed by atoms with E-state index < -0.39 is 29.6 Å². The lowest BCUT2D eigenvalue weighted by Gasteiger charge is -2.05. The van der Waals surface area contributed by atoms with E-state index in [1.807, 2.05) is 0 Å². The van der Waals surface area contributed by atoms with Crippen molar-refractivity contribution < 1.29 is 26.7 Å². The molecule has 0 radical (unpaired) electrons. The predicted octanol–water partition coefficient (Wildman–Crippen LogP) is 2.76. The van der Waals surface area contributed by atoms with Gasteiger partial charge in [-0.3, -0.25) is 9.78 Å². The van der Waals surface area contributed by atoms with Crippen LogP contribution in [0.3, 0.4) is 0 Å². The minimum absolute atomic E-state index is 0.431. The molecule has 0 bridgehead atoms. The van der Waals surface area contributed by atoms with E-state index in [4.69, 9.17) is 0 Å². The molecule has 1 aromatic heterocycles. The van der Waals surface area contributed by atoms with Crippen LogP contribution >= 0.6 is 0 Å². The van der Waals surface area contributed by atoms with Gasteiger partial charge in [-0.1, -0.05) is 0 Å². The van der Waals surface area contributed by atoms with Crippen molar-refractivity contribution in [2.75, 3.05) is 0 Å². The van der Waals surface area contributed by atoms with Gasteiger partial charge in [-0.2, -0.15) is 13.2 Å². The van der Waals surface area contributed by atoms with E-state index in [1.54, 1.807) is 0 Å². The van der Waals surface area contributed by atoms with Crippen LogP contribution in [0.4, 0.5) is 22.0 Å². The molecule has 0 amide bonds. The highest BCUT2D eigenvalue weighted by Crippen LogP contribution is 2.23. The van der Waals surface area contributed by atoms with Crippen molar-refractivity contribution in [3.05, 3.63) is 29.6 Å². The summed E-state index contributed by atoms with van der Waals surface area (Å²) in [5.41, 5.74) is -1.70. The largest absolute Gasteiger partial charge is 0.454 e. The van der Waals surface area contributed by atoms with Crippen LogP contribution in [0.5, 0.6) is 0 Å². The first-order valence-corrected chi connectivity index (χ1v) is 3.68. The second-order valence-corrected chi connectivity index (χ2v) is 2.60. The van der Waals surface area contributed by atoms with Gasteiger partial charge < -0.3 is 0 Å². The fourth-order valence-electron chi connectivity index (χ4n) is 0.873. The number of carbonyl (C=O) groups is 1. The fraction of sp³-hybridized carbons (Fsp3) is 0.250. The first kappa shape index (κ1) is 11.5. The van der Waals surface area contributed by atoms with E-state index in [0.29, 0.717) is 6.07 Å². The number of Topliss-reactive ketones (excluding diaryl/α,β-unsaturated/α-hetero) is 1. The molecule has 0 atom stereocenters. The lowest BCUT2D eigenvalue weighted by atomic mass is 10.1. The smallest absolute Gasteiger partial charge is 0.284 e. The Balaban J connectivity index is 3.06. The van der Waals surface area contributed by atoms with Gasteiger partial charge in [0.1, 0.15) is 5.69 Å². The van der Waals surface area contributed by atoms with Crippen LogP contribution in [-0.4, -0.2) is 16.9 Å². The first-order chi connectivity index (χ1) is 6.82. The van der Waals surface area contributed by atoms with Crippen LogP contribution in [0, 0.1) is 0 Å². The maximum absolute atomic E-state index is 12.1. The molecule has 7 heteroatoms. The highest BCUT2D eigenvalue weighted by atomic mass is 19.4. The monoisotopic (exact) mass is 225 g/mol. The Morgan fingerprint density at radius 1 is 1.33 bits per heavy atom. The standard InChI is InChI=1S/C8H4F5NO/c9-7(10)5-3-4(1-2-14-5)6(15)8(11,12)13/h1-3,7H. The maximum atomic E-state index is 12.1. The van der Waals surface area contributed by atoms with Crippen molar-refractivity contribution in [1.29, 1.82) is 0 Å². The number of hydrogen-bond donors (Lipinski definition) is 0. The molecule has 0 aliphatic carbocycles. The number of alkyl halides is 5. The quantitative estimate of drug-likeness (QED) is 0.572. The zero-order chi connectivity index (χ0) is 11.6. The number of ketones is 1. The van der Waals surface area contributed by atoms with Crippen molar-refractivity contribution in [2.24, 2.45) is 0 Å². The van der Waals surface area contributed by atoms with Crippen LogP contribution < -0.4 is 0 Å². The Labute approximate surface area is 80.7 Å². The molecule has 0 spiro atoms. The van der Waals surface area contributed by atoms with Crippen molar-refractivity contribution >= 4 is 5.78 Å². The third-order valence-corrected chi connectivity index (χ3v) is 1.52. The van der Waals surface area contributed by atoms with Gasteiger partial charge in [-0.15, -0.1) is 0 Å². The number of halogens is 5. The van der Waals surface area contributed by atoms with Crippen LogP contribution in [0.15, 0.2) is 18.3 Å². The average molecular weight is 225 g/mol. The summed E-state index contributed by atoms with van der Waals surface area (Å²) >= 11 is 0. The van der Waals surface area contributed by atoms with Gasteiger partial charge in [-0.25, -0.2) is 8.78 Å². The molecule has 1 aromatic rings. The number of carbonyl (C=O) groups excluding carboxylic acids is 1. The van der Waals surface area contributed by atoms with E-state index in [1.165, 1.54) is 0 Å². The fourth-order valence-corrected chi connectivity index (χ4v) is 0.873. The molecular weight excluding hydrogens is 221 g/mol. The molecule has 1 rings (SSSR count). The van der Waals surface area contributed by atoms with Gasteiger partial charge in [0.15, 0.2) is 0 Å². The molecule has 0 fully saturated rings. The third kappa shape index (κ3) is 2.71. The van der Waals surface area contributed by atoms with Crippen molar-refractivity contribution in [3.63, 3.8) is 0 Å². The molecule has 0 aliphatic rings. The number of rotatable bonds is 2. The highest BCUT2D eigenvalue weighted by molar-refractivity contribution is 6.00. The van der Waals surface area contributed by atoms with Crippen molar-refractivity contribution in [2.45, 2.75) is 12.6 Å². The Kier molecular flexibility index (Phi) is 3.01. The van der Waals surface area contributed by atoms with E-state index in [9.17, 15) is 26.7 Å². The van der Waals surface area contributed by atoms with Crippen LogP contribution in [-0.2, 0) is 0 Å². The van der Waals surface area contributed by atoms with Gasteiger partial charge in [0, 0.05) is 11.8 Å². The van der Waals surface area contributed by atoms with E-state index in [-0.39, 0.29) is 0 Å². The summed E-state index contributed by atoms with van der Waals surface area (Å²) in [6.45, 7) is 0. The van der Waals surface area contributed by atoms with E-state index in [0.717, 1.165) is 12.3 Å². The summed E-state index contributed by atoms with van der Waals surface area (Å²) in [4.78, 5) is 13.8. The number of pyridine rings is 1. The number of hydrogen-bond acceptors (Lipinski definition) is 2. The molecule has 0 saturated heterocycles. The normalized spacial score (nSPS) is 11.9. The van der Waals surface area contributed by atoms with Gasteiger partial charge in [0.2, 0.25) is 0 Å². The molecule has 82 valence electrons.